The van der Waals surface area contributed by atoms with Crippen LogP contribution < -0.4 is 29.6 Å². The van der Waals surface area contributed by atoms with Gasteiger partial charge in [0.25, 0.3) is 0 Å². The molecule has 0 bridgehead atoms. The average Bonchev–Trinajstić information content (AvgIpc) is 2.52. The molecule has 0 aromatic heterocycles. The zero-order valence-electron chi connectivity index (χ0n) is 16.8. The first-order valence-electron chi connectivity index (χ1n) is 9.57. The number of hydrogen-bond acceptors (Lipinski definition) is 3. The maximum Gasteiger partial charge on any atom is 1.00 e. The van der Waals surface area contributed by atoms with Crippen LogP contribution in [0.5, 0.6) is 0 Å². The summed E-state index contributed by atoms with van der Waals surface area (Å²) in [6.07, 6.45) is 18.2. The Balaban J connectivity index is -0.00000220. The predicted octanol–water partition coefficient (Wildman–Crippen LogP) is 2.51. The monoisotopic (exact) mass is 338 g/mol. The quantitative estimate of drug-likeness (QED) is 0.252. The molecular formula is C19H39NaO3. The van der Waals surface area contributed by atoms with Crippen molar-refractivity contribution in [1.82, 2.24) is 0 Å². The Morgan fingerprint density at radius 3 is 1.65 bits per heavy atom. The van der Waals surface area contributed by atoms with Gasteiger partial charge < -0.3 is 11.3 Å². The molecule has 3 nitrogen and oxygen atoms in total. The molecule has 1 N–H and O–H groups in total. The first-order chi connectivity index (χ1) is 10.8. The van der Waals surface area contributed by atoms with E-state index in [0.717, 1.165) is 12.8 Å². The van der Waals surface area contributed by atoms with Crippen LogP contribution in [-0.4, -0.2) is 24.3 Å². The molecule has 0 fully saturated rings. The van der Waals surface area contributed by atoms with Gasteiger partial charge in [-0.05, 0) is 6.42 Å². The molecule has 0 unspecified atom stereocenters. The number of ether oxygens (including phenoxy) is 1. The van der Waals surface area contributed by atoms with Gasteiger partial charge in [0.15, 0.2) is 0 Å². The fraction of sp³-hybridized carbons (Fsp3) is 0.947. The Hall–Kier alpha value is 0.430. The fourth-order valence-corrected chi connectivity index (χ4v) is 2.61. The van der Waals surface area contributed by atoms with Gasteiger partial charge in [0, 0.05) is 19.4 Å². The molecule has 0 spiro atoms. The third-order valence-corrected chi connectivity index (χ3v) is 4.05. The first-order valence-corrected chi connectivity index (χ1v) is 9.57. The van der Waals surface area contributed by atoms with Crippen molar-refractivity contribution < 1.29 is 45.6 Å². The zero-order chi connectivity index (χ0) is 16.3. The van der Waals surface area contributed by atoms with Crippen molar-refractivity contribution in [3.8, 4) is 0 Å². The summed E-state index contributed by atoms with van der Waals surface area (Å²) in [4.78, 5) is 11.3. The van der Waals surface area contributed by atoms with Crippen molar-refractivity contribution in [1.29, 1.82) is 0 Å². The smallest absolute Gasteiger partial charge is 1.00 e. The minimum atomic E-state index is -0.114. The molecule has 0 aliphatic rings. The molecule has 0 heterocycles. The van der Waals surface area contributed by atoms with E-state index in [4.69, 9.17) is 9.84 Å². The molecule has 0 rings (SSSR count). The molecule has 0 radical (unpaired) electrons. The van der Waals surface area contributed by atoms with Crippen LogP contribution in [0.3, 0.4) is 0 Å². The topological polar surface area (TPSA) is 46.5 Å². The standard InChI is InChI=1S/C19H38O3.Na.H/c1-2-3-4-5-6-7-8-9-10-11-12-13-14-16-19(21)22-18-15-17-20;;/h20H,2-18H2,1H3;;/q;+1;-1. The Morgan fingerprint density at radius 2 is 1.22 bits per heavy atom. The van der Waals surface area contributed by atoms with Gasteiger partial charge in [-0.2, -0.15) is 0 Å². The van der Waals surface area contributed by atoms with E-state index in [1.54, 1.807) is 0 Å². The summed E-state index contributed by atoms with van der Waals surface area (Å²) in [6.45, 7) is 2.71. The summed E-state index contributed by atoms with van der Waals surface area (Å²) < 4.78 is 4.99. The van der Waals surface area contributed by atoms with Crippen LogP contribution in [0.4, 0.5) is 0 Å². The van der Waals surface area contributed by atoms with Crippen LogP contribution in [0.1, 0.15) is 105 Å². The number of unbranched alkanes of at least 4 members (excludes halogenated alkanes) is 12. The van der Waals surface area contributed by atoms with Gasteiger partial charge in [-0.3, -0.25) is 4.79 Å². The van der Waals surface area contributed by atoms with Gasteiger partial charge in [-0.25, -0.2) is 0 Å². The van der Waals surface area contributed by atoms with Gasteiger partial charge in [0.2, 0.25) is 0 Å². The molecule has 23 heavy (non-hydrogen) atoms. The fourth-order valence-electron chi connectivity index (χ4n) is 2.61. The summed E-state index contributed by atoms with van der Waals surface area (Å²) in [7, 11) is 0. The summed E-state index contributed by atoms with van der Waals surface area (Å²) in [5.74, 6) is -0.114. The maximum atomic E-state index is 11.3. The number of carbonyl (C=O) groups excluding carboxylic acids is 1. The van der Waals surface area contributed by atoms with Crippen molar-refractivity contribution in [2.75, 3.05) is 13.2 Å². The van der Waals surface area contributed by atoms with Crippen molar-refractivity contribution in [3.63, 3.8) is 0 Å². The zero-order valence-corrected chi connectivity index (χ0v) is 17.8. The van der Waals surface area contributed by atoms with Crippen LogP contribution in [0.25, 0.3) is 0 Å². The summed E-state index contributed by atoms with van der Waals surface area (Å²) in [5, 5.41) is 8.59. The molecular weight excluding hydrogens is 299 g/mol. The Kier molecular flexibility index (Phi) is 25.0. The van der Waals surface area contributed by atoms with Gasteiger partial charge in [-0.15, -0.1) is 0 Å². The van der Waals surface area contributed by atoms with Crippen molar-refractivity contribution in [2.24, 2.45) is 0 Å². The Bertz CT molecular complexity index is 241. The largest absolute Gasteiger partial charge is 1.00 e. The van der Waals surface area contributed by atoms with Gasteiger partial charge in [0.1, 0.15) is 0 Å². The van der Waals surface area contributed by atoms with Gasteiger partial charge >= 0.3 is 35.5 Å². The number of aliphatic hydroxyl groups excluding tert-OH is 1. The van der Waals surface area contributed by atoms with E-state index < -0.39 is 0 Å². The van der Waals surface area contributed by atoms with Crippen LogP contribution in [0.15, 0.2) is 0 Å². The van der Waals surface area contributed by atoms with E-state index >= 15 is 0 Å². The number of aliphatic hydroxyl groups is 1. The van der Waals surface area contributed by atoms with Crippen LogP contribution >= 0.6 is 0 Å². The second-order valence-electron chi connectivity index (χ2n) is 6.29. The van der Waals surface area contributed by atoms with Crippen LogP contribution in [-0.2, 0) is 9.53 Å². The van der Waals surface area contributed by atoms with E-state index in [-0.39, 0.29) is 43.6 Å². The second kappa shape index (κ2) is 22.4. The normalized spacial score (nSPS) is 10.3. The predicted molar refractivity (Wildman–Crippen MR) is 94.1 cm³/mol. The third-order valence-electron chi connectivity index (χ3n) is 4.05. The number of rotatable bonds is 17. The SMILES string of the molecule is CCCCCCCCCCCCCCCC(=O)OCCCO.[H-].[Na+]. The molecule has 0 aromatic rings. The maximum absolute atomic E-state index is 11.3. The van der Waals surface area contributed by atoms with Crippen molar-refractivity contribution >= 4 is 5.97 Å². The number of carbonyl (C=O) groups is 1. The molecule has 0 atom stereocenters. The molecule has 0 amide bonds. The molecule has 4 heteroatoms. The molecule has 134 valence electrons. The second-order valence-corrected chi connectivity index (χ2v) is 6.29. The molecule has 0 saturated carbocycles. The van der Waals surface area contributed by atoms with Crippen LogP contribution in [0, 0.1) is 0 Å². The minimum Gasteiger partial charge on any atom is -1.00 e. The summed E-state index contributed by atoms with van der Waals surface area (Å²) >= 11 is 0. The van der Waals surface area contributed by atoms with E-state index in [9.17, 15) is 4.79 Å². The van der Waals surface area contributed by atoms with Gasteiger partial charge in [0.05, 0.1) is 6.61 Å². The van der Waals surface area contributed by atoms with Crippen molar-refractivity contribution in [2.45, 2.75) is 103 Å². The van der Waals surface area contributed by atoms with E-state index in [2.05, 4.69) is 6.92 Å². The average molecular weight is 339 g/mol. The molecule has 0 aliphatic carbocycles. The number of esters is 1. The summed E-state index contributed by atoms with van der Waals surface area (Å²) in [6, 6.07) is 0. The summed E-state index contributed by atoms with van der Waals surface area (Å²) in [5.41, 5.74) is 0. The van der Waals surface area contributed by atoms with Crippen molar-refractivity contribution in [3.05, 3.63) is 0 Å². The van der Waals surface area contributed by atoms with E-state index in [1.807, 2.05) is 0 Å². The minimum absolute atomic E-state index is 0. The Labute approximate surface area is 167 Å². The Morgan fingerprint density at radius 1 is 0.783 bits per heavy atom. The number of hydrogen-bond donors (Lipinski definition) is 1. The van der Waals surface area contributed by atoms with Crippen LogP contribution in [0.2, 0.25) is 0 Å². The molecule has 0 aliphatic heterocycles. The third kappa shape index (κ3) is 22.4. The molecule has 0 aromatic carbocycles. The van der Waals surface area contributed by atoms with Gasteiger partial charge in [-0.1, -0.05) is 84.0 Å². The first kappa shape index (κ1) is 25.7. The molecule has 0 saturated heterocycles. The van der Waals surface area contributed by atoms with E-state index in [1.165, 1.54) is 70.6 Å². The van der Waals surface area contributed by atoms with E-state index in [0.29, 0.717) is 19.4 Å².